The minimum atomic E-state index is -5.32. The molecule has 1 saturated heterocycles. The van der Waals surface area contributed by atoms with Gasteiger partial charge in [0.25, 0.3) is 5.56 Å². The summed E-state index contributed by atoms with van der Waals surface area (Å²) in [4.78, 5) is 43.8. The molecule has 0 aliphatic carbocycles. The fourth-order valence-electron chi connectivity index (χ4n) is 4.68. The van der Waals surface area contributed by atoms with Crippen LogP contribution in [0, 0.1) is 0 Å². The fourth-order valence-corrected chi connectivity index (χ4v) is 6.74. The van der Waals surface area contributed by atoms with E-state index in [1.807, 2.05) is 0 Å². The highest BCUT2D eigenvalue weighted by Gasteiger charge is 2.50. The number of alkyl halides is 3. The maximum absolute atomic E-state index is 13.8. The molecule has 6 atom stereocenters. The molecule has 2 unspecified atom stereocenters. The van der Waals surface area contributed by atoms with Crippen molar-refractivity contribution in [2.24, 2.45) is 0 Å². The molecule has 23 heteroatoms. The van der Waals surface area contributed by atoms with Crippen LogP contribution in [0.5, 0.6) is 0 Å². The molecule has 1 fully saturated rings. The average Bonchev–Trinajstić information content (AvgIpc) is 3.56. The summed E-state index contributed by atoms with van der Waals surface area (Å²) in [6.45, 7) is 17.4. The zero-order chi connectivity index (χ0) is 37.2. The Morgan fingerprint density at radius 1 is 0.898 bits per heavy atom. The number of aliphatic hydroxyl groups excluding tert-OH is 2. The fraction of sp³-hybridized carbons (Fsp3) is 0.808. The van der Waals surface area contributed by atoms with Gasteiger partial charge in [0, 0.05) is 0 Å². The number of phosphoric ester groups is 2. The topological polar surface area (TPSA) is 220 Å². The van der Waals surface area contributed by atoms with Gasteiger partial charge in [0.2, 0.25) is 5.82 Å². The molecule has 284 valence electrons. The van der Waals surface area contributed by atoms with Crippen molar-refractivity contribution in [3.05, 3.63) is 22.5 Å². The number of ether oxygens (including phenoxy) is 2. The van der Waals surface area contributed by atoms with Crippen molar-refractivity contribution in [1.82, 2.24) is 28.9 Å². The molecule has 0 saturated carbocycles. The number of hydrogen-bond acceptors (Lipinski definition) is 14. The Morgan fingerprint density at radius 3 is 1.92 bits per heavy atom. The summed E-state index contributed by atoms with van der Waals surface area (Å²) >= 11 is 0. The Morgan fingerprint density at radius 2 is 1.43 bits per heavy atom. The summed E-state index contributed by atoms with van der Waals surface area (Å²) in [7, 11) is -10.5. The van der Waals surface area contributed by atoms with E-state index in [0.29, 0.717) is 0 Å². The average molecular weight is 755 g/mol. The summed E-state index contributed by atoms with van der Waals surface area (Å²) in [6.07, 6.45) is -12.2. The van der Waals surface area contributed by atoms with Crippen LogP contribution in [-0.2, 0) is 44.9 Å². The normalized spacial score (nSPS) is 28.2. The lowest BCUT2D eigenvalue weighted by Crippen LogP contribution is -2.34. The molecule has 2 aromatic heterocycles. The van der Waals surface area contributed by atoms with Gasteiger partial charge >= 0.3 is 21.8 Å². The molecule has 4 N–H and O–H groups in total. The minimum absolute atomic E-state index is 0.254. The van der Waals surface area contributed by atoms with Crippen molar-refractivity contribution in [1.29, 1.82) is 0 Å². The number of halogens is 3. The van der Waals surface area contributed by atoms with Crippen molar-refractivity contribution in [3.63, 3.8) is 0 Å². The minimum Gasteiger partial charge on any atom is -0.387 e. The van der Waals surface area contributed by atoms with Gasteiger partial charge in [-0.25, -0.2) is 19.1 Å². The highest BCUT2D eigenvalue weighted by atomic mass is 31.3. The number of imidazole rings is 1. The summed E-state index contributed by atoms with van der Waals surface area (Å²) in [6, 6.07) is 0. The van der Waals surface area contributed by atoms with E-state index in [-0.39, 0.29) is 4.57 Å². The van der Waals surface area contributed by atoms with E-state index in [2.05, 4.69) is 74.7 Å². The second-order valence-corrected chi connectivity index (χ2v) is 13.5. The van der Waals surface area contributed by atoms with Gasteiger partial charge in [-0.05, 0) is 39.3 Å². The third kappa shape index (κ3) is 12.1. The maximum Gasteiger partial charge on any atom is 0.481 e. The molecule has 18 nitrogen and oxygen atoms in total. The number of hydrogen-bond donors (Lipinski definition) is 4. The summed E-state index contributed by atoms with van der Waals surface area (Å²) in [5, 5.41) is 20.6. The SMILES string of the molecule is CCN(CC)CC.CCN(CC)CC.O=c1c2nc(C(F)(F)F)n3c2ncn1COCCOP(=O)(O)OP(=O)(O)OC[C@H]1O[C@@H]3[C@H](O)[C@@H]1O. The third-order valence-electron chi connectivity index (χ3n) is 7.52. The highest BCUT2D eigenvalue weighted by molar-refractivity contribution is 7.61. The van der Waals surface area contributed by atoms with Crippen LogP contribution in [0.1, 0.15) is 53.6 Å². The number of nitrogens with zero attached hydrogens (tertiary/aromatic N) is 6. The van der Waals surface area contributed by atoms with E-state index in [1.165, 1.54) is 39.3 Å². The van der Waals surface area contributed by atoms with Crippen LogP contribution in [0.15, 0.2) is 11.1 Å². The molecular formula is C26H47F3N6O12P2. The van der Waals surface area contributed by atoms with Crippen LogP contribution in [-0.4, -0.2) is 126 Å². The lowest BCUT2D eigenvalue weighted by atomic mass is 10.1. The van der Waals surface area contributed by atoms with E-state index in [9.17, 15) is 47.1 Å². The number of fused-ring (bicyclic) bond motifs is 10. The largest absolute Gasteiger partial charge is 0.481 e. The van der Waals surface area contributed by atoms with Crippen molar-refractivity contribution in [2.75, 3.05) is 59.1 Å². The lowest BCUT2D eigenvalue weighted by molar-refractivity contribution is -0.154. The van der Waals surface area contributed by atoms with Crippen LogP contribution >= 0.6 is 15.6 Å². The van der Waals surface area contributed by atoms with Gasteiger partial charge in [0.1, 0.15) is 31.4 Å². The van der Waals surface area contributed by atoms with Crippen LogP contribution < -0.4 is 5.56 Å². The first kappa shape index (κ1) is 43.3. The first-order valence-electron chi connectivity index (χ1n) is 15.6. The molecule has 0 amide bonds. The van der Waals surface area contributed by atoms with Crippen LogP contribution in [0.2, 0.25) is 0 Å². The summed E-state index contributed by atoms with van der Waals surface area (Å²) < 4.78 is 89.4. The first-order valence-corrected chi connectivity index (χ1v) is 18.6. The zero-order valence-corrected chi connectivity index (χ0v) is 30.0. The van der Waals surface area contributed by atoms with Gasteiger partial charge in [0.15, 0.2) is 17.4 Å². The van der Waals surface area contributed by atoms with Crippen LogP contribution in [0.4, 0.5) is 13.2 Å². The van der Waals surface area contributed by atoms with E-state index < -0.39 is 95.5 Å². The van der Waals surface area contributed by atoms with Crippen molar-refractivity contribution in [2.45, 2.75) is 79.0 Å². The number of aromatic nitrogens is 4. The molecule has 5 heterocycles. The molecule has 49 heavy (non-hydrogen) atoms. The Labute approximate surface area is 281 Å². The quantitative estimate of drug-likeness (QED) is 0.311. The van der Waals surface area contributed by atoms with Gasteiger partial charge in [-0.1, -0.05) is 41.5 Å². The molecular weight excluding hydrogens is 707 g/mol. The Kier molecular flexibility index (Phi) is 16.9. The van der Waals surface area contributed by atoms with E-state index >= 15 is 0 Å². The monoisotopic (exact) mass is 754 g/mol. The standard InChI is InChI=1S/C14H17F3N4O12P2.2C6H15N/c15-14(16,17)13-19-7-10-18-4-20(11(7)24)5-29-1-2-30-34(25,26)33-35(27,28)31-3-6-8(22)9(23)12(32-6)21(10)13;2*1-4-7(5-2)6-3/h4,6,8-9,12,22-23H,1-3,5H2,(H,25,26)(H,27,28);2*4-6H2,1-3H3/t6-,8-,9-,12-;;/m1../s1. The van der Waals surface area contributed by atoms with Gasteiger partial charge in [-0.3, -0.25) is 23.0 Å². The molecule has 0 aromatic carbocycles. The molecule has 6 bridgehead atoms. The summed E-state index contributed by atoms with van der Waals surface area (Å²) in [5.41, 5.74) is -2.47. The Hall–Kier alpha value is -1.84. The maximum atomic E-state index is 13.8. The molecule has 0 spiro atoms. The summed E-state index contributed by atoms with van der Waals surface area (Å²) in [5.74, 6) is -1.68. The smallest absolute Gasteiger partial charge is 0.387 e. The van der Waals surface area contributed by atoms with Crippen molar-refractivity contribution < 1.29 is 65.1 Å². The third-order valence-corrected chi connectivity index (χ3v) is 10.2. The second kappa shape index (κ2) is 19.1. The van der Waals surface area contributed by atoms with E-state index in [4.69, 9.17) is 9.47 Å². The predicted molar refractivity (Wildman–Crippen MR) is 168 cm³/mol. The van der Waals surface area contributed by atoms with Gasteiger partial charge in [-0.15, -0.1) is 0 Å². The lowest BCUT2D eigenvalue weighted by Gasteiger charge is -2.20. The molecule has 2 aromatic rings. The van der Waals surface area contributed by atoms with Crippen LogP contribution in [0.25, 0.3) is 11.2 Å². The van der Waals surface area contributed by atoms with E-state index in [1.54, 1.807) is 0 Å². The number of rotatable bonds is 6. The first-order chi connectivity index (χ1) is 22.9. The molecule has 3 aliphatic heterocycles. The van der Waals surface area contributed by atoms with E-state index in [0.717, 1.165) is 10.9 Å². The Bertz CT molecular complexity index is 1450. The second-order valence-electron chi connectivity index (χ2n) is 10.5. The van der Waals surface area contributed by atoms with Crippen molar-refractivity contribution >= 4 is 26.8 Å². The molecule has 0 radical (unpaired) electrons. The van der Waals surface area contributed by atoms with Crippen LogP contribution in [0.3, 0.4) is 0 Å². The van der Waals surface area contributed by atoms with Gasteiger partial charge in [-0.2, -0.15) is 17.5 Å². The number of phosphoric acid groups is 2. The van der Waals surface area contributed by atoms with Gasteiger partial charge in [0.05, 0.1) is 19.8 Å². The highest BCUT2D eigenvalue weighted by Crippen LogP contribution is 2.60. The molecule has 5 rings (SSSR count). The zero-order valence-electron chi connectivity index (χ0n) is 28.2. The van der Waals surface area contributed by atoms with Crippen molar-refractivity contribution in [3.8, 4) is 0 Å². The molecule has 3 aliphatic rings. The Balaban J connectivity index is 0.000000500. The number of aliphatic hydroxyl groups is 2. The predicted octanol–water partition coefficient (Wildman–Crippen LogP) is 2.17. The van der Waals surface area contributed by atoms with Gasteiger partial charge < -0.3 is 39.3 Å².